The zero-order valence-electron chi connectivity index (χ0n) is 15.7. The number of rotatable bonds is 7. The van der Waals surface area contributed by atoms with E-state index in [0.29, 0.717) is 0 Å². The first kappa shape index (κ1) is 25.1. The number of ketones is 1. The second-order valence-electron chi connectivity index (χ2n) is 6.28. The van der Waals surface area contributed by atoms with Gasteiger partial charge >= 0.3 is 18.5 Å². The molecule has 0 aromatic heterocycles. The first-order valence-corrected chi connectivity index (χ1v) is 8.57. The molecule has 0 amide bonds. The molecule has 3 nitrogen and oxygen atoms in total. The first-order chi connectivity index (χ1) is 14.6. The summed E-state index contributed by atoms with van der Waals surface area (Å²) in [7, 11) is 0. The van der Waals surface area contributed by atoms with Crippen molar-refractivity contribution in [1.82, 2.24) is 0 Å². The molecular formula is C20H13F9O3. The van der Waals surface area contributed by atoms with Crippen LogP contribution in [0.4, 0.5) is 39.5 Å². The quantitative estimate of drug-likeness (QED) is 0.263. The summed E-state index contributed by atoms with van der Waals surface area (Å²) in [6, 6.07) is 6.13. The van der Waals surface area contributed by atoms with E-state index in [9.17, 15) is 44.3 Å². The number of carbonyl (C=O) groups is 1. The first-order valence-electron chi connectivity index (χ1n) is 8.57. The number of carbonyl (C=O) groups excluding carboxylic acids is 1. The molecule has 12 heteroatoms. The van der Waals surface area contributed by atoms with Gasteiger partial charge in [-0.3, -0.25) is 4.79 Å². The lowest BCUT2D eigenvalue weighted by Crippen LogP contribution is -2.21. The highest BCUT2D eigenvalue weighted by Gasteiger charge is 2.31. The number of ether oxygens (including phenoxy) is 2. The number of hydrogen-bond acceptors (Lipinski definition) is 3. The molecule has 0 heterocycles. The van der Waals surface area contributed by atoms with Gasteiger partial charge in [0, 0.05) is 0 Å². The van der Waals surface area contributed by atoms with E-state index in [1.807, 2.05) is 0 Å². The number of hydrogen-bond donors (Lipinski definition) is 0. The van der Waals surface area contributed by atoms with Crippen LogP contribution in [0.5, 0.6) is 11.5 Å². The van der Waals surface area contributed by atoms with Crippen LogP contribution in [-0.4, -0.2) is 31.3 Å². The Bertz CT molecular complexity index is 956. The van der Waals surface area contributed by atoms with E-state index in [1.54, 1.807) is 0 Å². The van der Waals surface area contributed by atoms with Crippen LogP contribution in [0.3, 0.4) is 0 Å². The van der Waals surface area contributed by atoms with Gasteiger partial charge in [0.05, 0.1) is 11.1 Å². The maximum absolute atomic E-state index is 12.6. The van der Waals surface area contributed by atoms with Crippen LogP contribution in [-0.2, 0) is 6.18 Å². The van der Waals surface area contributed by atoms with Crippen LogP contribution in [0.2, 0.25) is 0 Å². The molecule has 0 unspecified atom stereocenters. The van der Waals surface area contributed by atoms with Gasteiger partial charge in [-0.25, -0.2) is 0 Å². The molecule has 0 radical (unpaired) electrons. The molecule has 0 N–H and O–H groups in total. The Labute approximate surface area is 175 Å². The number of benzene rings is 2. The van der Waals surface area contributed by atoms with E-state index in [2.05, 4.69) is 9.47 Å². The van der Waals surface area contributed by atoms with Crippen LogP contribution >= 0.6 is 0 Å². The largest absolute Gasteiger partial charge is 0.484 e. The Morgan fingerprint density at radius 1 is 0.781 bits per heavy atom. The highest BCUT2D eigenvalue weighted by atomic mass is 19.4. The summed E-state index contributed by atoms with van der Waals surface area (Å²) in [5, 5.41) is 0. The van der Waals surface area contributed by atoms with Gasteiger partial charge < -0.3 is 9.47 Å². The third-order valence-corrected chi connectivity index (χ3v) is 3.68. The maximum Gasteiger partial charge on any atom is 0.422 e. The minimum absolute atomic E-state index is 0.161. The minimum atomic E-state index is -4.75. The van der Waals surface area contributed by atoms with E-state index >= 15 is 0 Å². The van der Waals surface area contributed by atoms with Crippen molar-refractivity contribution in [2.75, 3.05) is 13.2 Å². The van der Waals surface area contributed by atoms with Crippen LogP contribution in [0.1, 0.15) is 21.5 Å². The SMILES string of the molecule is O=C(C=Cc1ccc(C(F)(F)F)cc1)c1cc(OCC(F)(F)F)ccc1OCC(F)(F)F. The van der Waals surface area contributed by atoms with Gasteiger partial charge in [0.1, 0.15) is 11.5 Å². The van der Waals surface area contributed by atoms with Gasteiger partial charge in [0.2, 0.25) is 0 Å². The van der Waals surface area contributed by atoms with Crippen molar-refractivity contribution < 1.29 is 53.8 Å². The summed E-state index contributed by atoms with van der Waals surface area (Å²) in [5.41, 5.74) is -1.30. The van der Waals surface area contributed by atoms with Crippen LogP contribution in [0.15, 0.2) is 48.5 Å². The lowest BCUT2D eigenvalue weighted by molar-refractivity contribution is -0.154. The molecule has 174 valence electrons. The summed E-state index contributed by atoms with van der Waals surface area (Å²) in [6.45, 7) is -3.47. The average Bonchev–Trinajstić information content (AvgIpc) is 2.67. The molecule has 0 saturated heterocycles. The minimum Gasteiger partial charge on any atom is -0.484 e. The number of alkyl halides is 9. The van der Waals surface area contributed by atoms with E-state index in [0.717, 1.165) is 54.6 Å². The Kier molecular flexibility index (Phi) is 7.47. The highest BCUT2D eigenvalue weighted by Crippen LogP contribution is 2.30. The predicted molar refractivity (Wildman–Crippen MR) is 94.4 cm³/mol. The molecule has 0 aliphatic rings. The molecule has 0 aliphatic carbocycles. The van der Waals surface area contributed by atoms with E-state index in [-0.39, 0.29) is 5.56 Å². The second-order valence-corrected chi connectivity index (χ2v) is 6.28. The summed E-state index contributed by atoms with van der Waals surface area (Å²) in [4.78, 5) is 12.4. The fourth-order valence-electron chi connectivity index (χ4n) is 2.29. The zero-order chi connectivity index (χ0) is 24.2. The molecular weight excluding hydrogens is 459 g/mol. The van der Waals surface area contributed by atoms with Crippen molar-refractivity contribution in [3.8, 4) is 11.5 Å². The monoisotopic (exact) mass is 472 g/mol. The van der Waals surface area contributed by atoms with E-state index < -0.39 is 60.2 Å². The van der Waals surface area contributed by atoms with Crippen molar-refractivity contribution in [2.24, 2.45) is 0 Å². The van der Waals surface area contributed by atoms with Crippen LogP contribution in [0.25, 0.3) is 6.08 Å². The van der Waals surface area contributed by atoms with Gasteiger partial charge in [-0.05, 0) is 42.0 Å². The topological polar surface area (TPSA) is 35.5 Å². The number of halogens is 9. The summed E-state index contributed by atoms with van der Waals surface area (Å²) < 4.78 is 121. The van der Waals surface area contributed by atoms with Crippen LogP contribution in [0, 0.1) is 0 Å². The van der Waals surface area contributed by atoms with Crippen molar-refractivity contribution in [3.63, 3.8) is 0 Å². The Morgan fingerprint density at radius 2 is 1.34 bits per heavy atom. The van der Waals surface area contributed by atoms with Crippen molar-refractivity contribution in [3.05, 3.63) is 65.2 Å². The fraction of sp³-hybridized carbons (Fsp3) is 0.250. The molecule has 0 fully saturated rings. The van der Waals surface area contributed by atoms with Crippen molar-refractivity contribution in [2.45, 2.75) is 18.5 Å². The molecule has 32 heavy (non-hydrogen) atoms. The Hall–Kier alpha value is -3.18. The lowest BCUT2D eigenvalue weighted by Gasteiger charge is -2.14. The maximum atomic E-state index is 12.6. The lowest BCUT2D eigenvalue weighted by atomic mass is 10.1. The molecule has 2 aromatic rings. The Morgan fingerprint density at radius 3 is 1.88 bits per heavy atom. The second kappa shape index (κ2) is 9.53. The summed E-state index contributed by atoms with van der Waals surface area (Å²) in [5.74, 6) is -1.99. The zero-order valence-corrected chi connectivity index (χ0v) is 15.7. The van der Waals surface area contributed by atoms with E-state index in [1.165, 1.54) is 0 Å². The summed E-state index contributed by atoms with van der Waals surface area (Å²) in [6.07, 6.45) is -12.1. The van der Waals surface area contributed by atoms with Crippen molar-refractivity contribution >= 4 is 11.9 Å². The van der Waals surface area contributed by atoms with Crippen LogP contribution < -0.4 is 9.47 Å². The smallest absolute Gasteiger partial charge is 0.422 e. The molecule has 0 spiro atoms. The normalized spacial score (nSPS) is 12.8. The molecule has 0 bridgehead atoms. The third kappa shape index (κ3) is 8.16. The van der Waals surface area contributed by atoms with Gasteiger partial charge in [0.25, 0.3) is 0 Å². The molecule has 0 saturated carbocycles. The Balaban J connectivity index is 2.27. The van der Waals surface area contributed by atoms with E-state index in [4.69, 9.17) is 0 Å². The van der Waals surface area contributed by atoms with Gasteiger partial charge in [-0.1, -0.05) is 18.2 Å². The highest BCUT2D eigenvalue weighted by molar-refractivity contribution is 6.08. The molecule has 0 atom stereocenters. The predicted octanol–water partition coefficient (Wildman–Crippen LogP) is 6.48. The van der Waals surface area contributed by atoms with Gasteiger partial charge in [-0.2, -0.15) is 39.5 Å². The average molecular weight is 472 g/mol. The molecule has 2 rings (SSSR count). The van der Waals surface area contributed by atoms with Crippen molar-refractivity contribution in [1.29, 1.82) is 0 Å². The third-order valence-electron chi connectivity index (χ3n) is 3.68. The molecule has 2 aromatic carbocycles. The standard InChI is InChI=1S/C20H13F9O3/c21-18(22,23)10-31-14-6-8-17(32-11-19(24,25)26)15(9-14)16(30)7-3-12-1-4-13(5-2-12)20(27,28)29/h1-9H,10-11H2. The van der Waals surface area contributed by atoms with Gasteiger partial charge in [0.15, 0.2) is 19.0 Å². The van der Waals surface area contributed by atoms with Gasteiger partial charge in [-0.15, -0.1) is 0 Å². The molecule has 0 aliphatic heterocycles. The number of allylic oxidation sites excluding steroid dienone is 1. The summed E-state index contributed by atoms with van der Waals surface area (Å²) >= 11 is 0. The fourth-order valence-corrected chi connectivity index (χ4v) is 2.29.